The van der Waals surface area contributed by atoms with Crippen LogP contribution in [0, 0.1) is 0 Å². The molecule has 2 aromatic rings. The molecular formula is C16H22N6OS. The zero-order chi connectivity index (χ0) is 16.8. The van der Waals surface area contributed by atoms with Gasteiger partial charge in [-0.25, -0.2) is 19.7 Å². The molecule has 0 aliphatic carbocycles. The Labute approximate surface area is 145 Å². The summed E-state index contributed by atoms with van der Waals surface area (Å²) in [5, 5.41) is 6.86. The first-order chi connectivity index (χ1) is 11.7. The summed E-state index contributed by atoms with van der Waals surface area (Å²) >= 11 is 1.64. The van der Waals surface area contributed by atoms with Gasteiger partial charge in [-0.1, -0.05) is 6.92 Å². The normalized spacial score (nSPS) is 17.5. The Hall–Kier alpha value is -2.22. The second-order valence-corrected chi connectivity index (χ2v) is 6.93. The molecule has 1 atom stereocenters. The van der Waals surface area contributed by atoms with Gasteiger partial charge in [0.1, 0.15) is 5.01 Å². The van der Waals surface area contributed by atoms with Crippen LogP contribution in [0.1, 0.15) is 29.7 Å². The first-order valence-electron chi connectivity index (χ1n) is 8.24. The van der Waals surface area contributed by atoms with Gasteiger partial charge in [-0.15, -0.1) is 11.3 Å². The maximum absolute atomic E-state index is 12.1. The predicted molar refractivity (Wildman–Crippen MR) is 94.1 cm³/mol. The molecule has 2 aromatic heterocycles. The van der Waals surface area contributed by atoms with Gasteiger partial charge < -0.3 is 15.5 Å². The average molecular weight is 346 g/mol. The van der Waals surface area contributed by atoms with Gasteiger partial charge in [-0.2, -0.15) is 0 Å². The molecule has 3 heterocycles. The smallest absolute Gasteiger partial charge is 0.315 e. The summed E-state index contributed by atoms with van der Waals surface area (Å²) in [5.74, 6) is 0.722. The van der Waals surface area contributed by atoms with Gasteiger partial charge in [0.15, 0.2) is 0 Å². The zero-order valence-corrected chi connectivity index (χ0v) is 14.6. The van der Waals surface area contributed by atoms with Crippen molar-refractivity contribution in [2.24, 2.45) is 0 Å². The maximum atomic E-state index is 12.1. The molecule has 1 aliphatic rings. The highest BCUT2D eigenvalue weighted by atomic mass is 32.1. The average Bonchev–Trinajstić information content (AvgIpc) is 3.09. The Kier molecular flexibility index (Phi) is 5.58. The number of thiazole rings is 1. The number of piperidine rings is 1. The molecule has 2 N–H and O–H groups in total. The number of anilines is 1. The van der Waals surface area contributed by atoms with Crippen molar-refractivity contribution in [3.8, 4) is 0 Å². The van der Waals surface area contributed by atoms with Crippen molar-refractivity contribution in [1.29, 1.82) is 0 Å². The molecule has 2 amide bonds. The molecule has 8 heteroatoms. The lowest BCUT2D eigenvalue weighted by atomic mass is 10.1. The fourth-order valence-electron chi connectivity index (χ4n) is 2.72. The number of aryl methyl sites for hydroxylation is 1. The molecule has 1 saturated heterocycles. The van der Waals surface area contributed by atoms with Crippen molar-refractivity contribution in [2.75, 3.05) is 18.0 Å². The lowest BCUT2D eigenvalue weighted by molar-refractivity contribution is 0.234. The summed E-state index contributed by atoms with van der Waals surface area (Å²) in [7, 11) is 0. The summed E-state index contributed by atoms with van der Waals surface area (Å²) in [6.45, 7) is 4.22. The van der Waals surface area contributed by atoms with Gasteiger partial charge in [-0.05, 0) is 25.3 Å². The second kappa shape index (κ2) is 8.05. The van der Waals surface area contributed by atoms with Crippen LogP contribution in [0.3, 0.4) is 0 Å². The minimum atomic E-state index is -0.149. The van der Waals surface area contributed by atoms with Crippen molar-refractivity contribution >= 4 is 23.3 Å². The summed E-state index contributed by atoms with van der Waals surface area (Å²) < 4.78 is 0. The van der Waals surface area contributed by atoms with E-state index in [4.69, 9.17) is 0 Å². The topological polar surface area (TPSA) is 83.0 Å². The van der Waals surface area contributed by atoms with Crippen molar-refractivity contribution in [3.05, 3.63) is 34.5 Å². The third-order valence-electron chi connectivity index (χ3n) is 3.94. The molecule has 0 spiro atoms. The highest BCUT2D eigenvalue weighted by molar-refractivity contribution is 7.11. The Morgan fingerprint density at radius 2 is 2.21 bits per heavy atom. The molecule has 1 fully saturated rings. The highest BCUT2D eigenvalue weighted by Gasteiger charge is 2.22. The summed E-state index contributed by atoms with van der Waals surface area (Å²) in [5.41, 5.74) is 0. The number of carbonyl (C=O) groups excluding carboxylic acids is 1. The van der Waals surface area contributed by atoms with Crippen LogP contribution < -0.4 is 15.5 Å². The highest BCUT2D eigenvalue weighted by Crippen LogP contribution is 2.15. The summed E-state index contributed by atoms with van der Waals surface area (Å²) in [4.78, 5) is 28.3. The standard InChI is InChI=1S/C16H22N6OS/c1-2-13-9-19-14(24-13)10-20-16(23)21-12-5-3-8-22(11-12)15-17-6-4-7-18-15/h4,6-7,9,12H,2-3,5,8,10-11H2,1H3,(H2,20,21,23). The van der Waals surface area contributed by atoms with E-state index in [1.807, 2.05) is 6.20 Å². The SMILES string of the molecule is CCc1cnc(CNC(=O)NC2CCCN(c3ncccn3)C2)s1. The van der Waals surface area contributed by atoms with Crippen LogP contribution in [0.25, 0.3) is 0 Å². The third kappa shape index (κ3) is 4.41. The molecule has 0 aromatic carbocycles. The van der Waals surface area contributed by atoms with Crippen LogP contribution in [0.5, 0.6) is 0 Å². The fourth-order valence-corrected chi connectivity index (χ4v) is 3.52. The minimum absolute atomic E-state index is 0.102. The molecule has 7 nitrogen and oxygen atoms in total. The second-order valence-electron chi connectivity index (χ2n) is 5.73. The number of hydrogen-bond donors (Lipinski definition) is 2. The maximum Gasteiger partial charge on any atom is 0.315 e. The number of carbonyl (C=O) groups is 1. The molecule has 1 unspecified atom stereocenters. The van der Waals surface area contributed by atoms with Crippen molar-refractivity contribution in [2.45, 2.75) is 38.8 Å². The van der Waals surface area contributed by atoms with E-state index in [0.29, 0.717) is 6.54 Å². The molecule has 3 rings (SSSR count). The minimum Gasteiger partial charge on any atom is -0.339 e. The van der Waals surface area contributed by atoms with E-state index in [1.54, 1.807) is 29.8 Å². The molecular weight excluding hydrogens is 324 g/mol. The van der Waals surface area contributed by atoms with E-state index >= 15 is 0 Å². The number of amides is 2. The largest absolute Gasteiger partial charge is 0.339 e. The van der Waals surface area contributed by atoms with Crippen molar-refractivity contribution in [3.63, 3.8) is 0 Å². The van der Waals surface area contributed by atoms with Gasteiger partial charge in [0.2, 0.25) is 5.95 Å². The lowest BCUT2D eigenvalue weighted by Gasteiger charge is -2.33. The van der Waals surface area contributed by atoms with Crippen LogP contribution in [-0.4, -0.2) is 40.1 Å². The number of hydrogen-bond acceptors (Lipinski definition) is 6. The Balaban J connectivity index is 1.47. The first-order valence-corrected chi connectivity index (χ1v) is 9.06. The van der Waals surface area contributed by atoms with Gasteiger partial charge in [0, 0.05) is 42.6 Å². The number of nitrogens with zero attached hydrogens (tertiary/aromatic N) is 4. The number of aromatic nitrogens is 3. The van der Waals surface area contributed by atoms with Crippen LogP contribution in [-0.2, 0) is 13.0 Å². The van der Waals surface area contributed by atoms with Crippen LogP contribution >= 0.6 is 11.3 Å². The van der Waals surface area contributed by atoms with E-state index < -0.39 is 0 Å². The lowest BCUT2D eigenvalue weighted by Crippen LogP contribution is -2.50. The Morgan fingerprint density at radius 3 is 2.96 bits per heavy atom. The van der Waals surface area contributed by atoms with E-state index in [-0.39, 0.29) is 12.1 Å². The third-order valence-corrected chi connectivity index (χ3v) is 5.08. The van der Waals surface area contributed by atoms with Gasteiger partial charge in [0.25, 0.3) is 0 Å². The monoisotopic (exact) mass is 346 g/mol. The quantitative estimate of drug-likeness (QED) is 0.865. The van der Waals surface area contributed by atoms with E-state index in [9.17, 15) is 4.79 Å². The molecule has 24 heavy (non-hydrogen) atoms. The predicted octanol–water partition coefficient (Wildman–Crippen LogP) is 1.96. The first kappa shape index (κ1) is 16.6. The van der Waals surface area contributed by atoms with Crippen molar-refractivity contribution in [1.82, 2.24) is 25.6 Å². The Bertz CT molecular complexity index is 662. The molecule has 0 radical (unpaired) electrons. The van der Waals surface area contributed by atoms with Crippen LogP contribution in [0.2, 0.25) is 0 Å². The van der Waals surface area contributed by atoms with Crippen LogP contribution in [0.4, 0.5) is 10.7 Å². The van der Waals surface area contributed by atoms with E-state index in [0.717, 1.165) is 43.3 Å². The molecule has 1 aliphatic heterocycles. The molecule has 0 bridgehead atoms. The molecule has 0 saturated carbocycles. The Morgan fingerprint density at radius 1 is 1.38 bits per heavy atom. The molecule has 128 valence electrons. The van der Waals surface area contributed by atoms with E-state index in [1.165, 1.54) is 4.88 Å². The van der Waals surface area contributed by atoms with Gasteiger partial charge in [-0.3, -0.25) is 0 Å². The number of rotatable bonds is 5. The number of urea groups is 1. The van der Waals surface area contributed by atoms with Crippen molar-refractivity contribution < 1.29 is 4.79 Å². The van der Waals surface area contributed by atoms with Crippen LogP contribution in [0.15, 0.2) is 24.7 Å². The fraction of sp³-hybridized carbons (Fsp3) is 0.500. The summed E-state index contributed by atoms with van der Waals surface area (Å²) in [6.07, 6.45) is 8.31. The summed E-state index contributed by atoms with van der Waals surface area (Å²) in [6, 6.07) is 1.76. The van der Waals surface area contributed by atoms with Gasteiger partial charge in [0.05, 0.1) is 6.54 Å². The van der Waals surface area contributed by atoms with Gasteiger partial charge >= 0.3 is 6.03 Å². The zero-order valence-electron chi connectivity index (χ0n) is 13.7. The van der Waals surface area contributed by atoms with E-state index in [2.05, 4.69) is 37.4 Å². The number of nitrogens with one attached hydrogen (secondary N) is 2.